The third-order valence-corrected chi connectivity index (χ3v) is 20.4. The first-order valence-electron chi connectivity index (χ1n) is 41.1. The van der Waals surface area contributed by atoms with Crippen LogP contribution in [0.5, 0.6) is 0 Å². The molecule has 0 aliphatic carbocycles. The topological polar surface area (TPSA) is 0 Å². The molecule has 0 saturated heterocycles. The maximum absolute atomic E-state index is 2.21. The Labute approximate surface area is 708 Å². The van der Waals surface area contributed by atoms with Crippen molar-refractivity contribution in [2.45, 2.75) is 48.5 Å². The van der Waals surface area contributed by atoms with Gasteiger partial charge < -0.3 is 0 Å². The number of benzene rings is 18. The van der Waals surface area contributed by atoms with Gasteiger partial charge in [0.1, 0.15) is 0 Å². The number of hydrogen-bond donors (Lipinski definition) is 0. The Kier molecular flexibility index (Phi) is 31.7. The average molecular weight is 1530 g/mol. The molecule has 18 aromatic carbocycles. The summed E-state index contributed by atoms with van der Waals surface area (Å²) < 4.78 is 0. The van der Waals surface area contributed by atoms with E-state index in [-0.39, 0.29) is 0 Å². The van der Waals surface area contributed by atoms with Crippen molar-refractivity contribution in [3.8, 4) is 122 Å². The van der Waals surface area contributed by atoms with E-state index in [0.717, 1.165) is 0 Å². The average Bonchev–Trinajstić information content (AvgIpc) is 0.826. The highest BCUT2D eigenvalue weighted by atomic mass is 14.1. The van der Waals surface area contributed by atoms with Crippen molar-refractivity contribution in [1.82, 2.24) is 0 Å². The van der Waals surface area contributed by atoms with Crippen LogP contribution in [-0.4, -0.2) is 0 Å². The van der Waals surface area contributed by atoms with Crippen LogP contribution >= 0.6 is 0 Å². The predicted octanol–water partition coefficient (Wildman–Crippen LogP) is 33.8. The number of rotatable bonds is 13. The zero-order chi connectivity index (χ0) is 82.4. The van der Waals surface area contributed by atoms with Gasteiger partial charge in [0, 0.05) is 0 Å². The SMILES string of the molecule is C/C=C/c1ccc(-c2ccccc2)cc1.C/C=C/c1ccccc1.Cc1ccc(-c2ccc(-c3ccc(-c4ccc(-c5ccccc5)cc4)cc3)cc2)cc1.Cc1ccc(-c2ccc(-c3ccc(-c4ccccc4)cc3)cc2)cc1.Cc1ccc(-c2ccc(-c3ccccc3)cc2)cc1.Cc1ccc(-c2ccccc2)cc1.Cc1ccccc1. The molecule has 0 heterocycles. The zero-order valence-electron chi connectivity index (χ0n) is 69.4. The lowest BCUT2D eigenvalue weighted by Gasteiger charge is -2.08. The van der Waals surface area contributed by atoms with Gasteiger partial charge in [0.05, 0.1) is 0 Å². The van der Waals surface area contributed by atoms with Gasteiger partial charge in [-0.25, -0.2) is 0 Å². The van der Waals surface area contributed by atoms with Crippen molar-refractivity contribution >= 4 is 12.2 Å². The fraction of sp³-hybridized carbons (Fsp3) is 0.0588. The molecule has 0 aliphatic rings. The number of aryl methyl sites for hydroxylation is 5. The van der Waals surface area contributed by atoms with E-state index in [9.17, 15) is 0 Å². The van der Waals surface area contributed by atoms with Gasteiger partial charge in [-0.15, -0.1) is 0 Å². The van der Waals surface area contributed by atoms with Crippen molar-refractivity contribution in [3.63, 3.8) is 0 Å². The maximum atomic E-state index is 2.21. The van der Waals surface area contributed by atoms with Crippen molar-refractivity contribution in [2.24, 2.45) is 0 Å². The second-order valence-corrected chi connectivity index (χ2v) is 29.4. The smallest absolute Gasteiger partial charge is 0.0184 e. The summed E-state index contributed by atoms with van der Waals surface area (Å²) in [5, 5.41) is 0. The summed E-state index contributed by atoms with van der Waals surface area (Å²) in [5.74, 6) is 0. The molecular formula is C119H104. The van der Waals surface area contributed by atoms with E-state index in [1.807, 2.05) is 80.6 Å². The summed E-state index contributed by atoms with van der Waals surface area (Å²) in [5.41, 5.74) is 36.6. The Morgan fingerprint density at radius 1 is 0.109 bits per heavy atom. The van der Waals surface area contributed by atoms with Crippen LogP contribution in [0, 0.1) is 34.6 Å². The van der Waals surface area contributed by atoms with Crippen molar-refractivity contribution in [1.29, 1.82) is 0 Å². The highest BCUT2D eigenvalue weighted by Crippen LogP contribution is 2.33. The van der Waals surface area contributed by atoms with E-state index < -0.39 is 0 Å². The van der Waals surface area contributed by atoms with Crippen LogP contribution in [0.25, 0.3) is 135 Å². The minimum atomic E-state index is 1.24. The molecule has 0 atom stereocenters. The van der Waals surface area contributed by atoms with Gasteiger partial charge in [0.25, 0.3) is 0 Å². The molecule has 119 heavy (non-hydrogen) atoms. The Balaban J connectivity index is 0.000000134. The fourth-order valence-corrected chi connectivity index (χ4v) is 13.5. The molecule has 0 amide bonds. The number of hydrogen-bond acceptors (Lipinski definition) is 0. The van der Waals surface area contributed by atoms with Gasteiger partial charge in [0.2, 0.25) is 0 Å². The van der Waals surface area contributed by atoms with Crippen molar-refractivity contribution in [3.05, 3.63) is 530 Å². The van der Waals surface area contributed by atoms with Crippen LogP contribution in [0.4, 0.5) is 0 Å². The molecule has 0 bridgehead atoms. The summed E-state index contributed by atoms with van der Waals surface area (Å²) in [6.07, 6.45) is 8.28. The monoisotopic (exact) mass is 1530 g/mol. The molecule has 0 nitrogen and oxygen atoms in total. The Morgan fingerprint density at radius 2 is 0.218 bits per heavy atom. The summed E-state index contributed by atoms with van der Waals surface area (Å²) in [4.78, 5) is 0. The van der Waals surface area contributed by atoms with Gasteiger partial charge in [0.15, 0.2) is 0 Å². The molecular weight excluding hydrogens is 1430 g/mol. The fourth-order valence-electron chi connectivity index (χ4n) is 13.5. The highest BCUT2D eigenvalue weighted by molar-refractivity contribution is 5.78. The highest BCUT2D eigenvalue weighted by Gasteiger charge is 2.08. The molecule has 0 radical (unpaired) electrons. The first kappa shape index (κ1) is 83.9. The van der Waals surface area contributed by atoms with Crippen LogP contribution in [0.2, 0.25) is 0 Å². The molecule has 0 aliphatic heterocycles. The van der Waals surface area contributed by atoms with Gasteiger partial charge in [-0.2, -0.15) is 0 Å². The molecule has 0 N–H and O–H groups in total. The molecule has 18 aromatic rings. The molecule has 0 unspecified atom stereocenters. The Morgan fingerprint density at radius 3 is 0.361 bits per heavy atom. The van der Waals surface area contributed by atoms with Crippen LogP contribution in [-0.2, 0) is 0 Å². The van der Waals surface area contributed by atoms with E-state index in [2.05, 4.69) is 471 Å². The first-order valence-corrected chi connectivity index (χ1v) is 41.1. The summed E-state index contributed by atoms with van der Waals surface area (Å²) >= 11 is 0. The van der Waals surface area contributed by atoms with Crippen LogP contribution in [0.1, 0.15) is 52.8 Å². The second-order valence-electron chi connectivity index (χ2n) is 29.4. The van der Waals surface area contributed by atoms with Gasteiger partial charge >= 0.3 is 0 Å². The van der Waals surface area contributed by atoms with E-state index in [1.54, 1.807) is 0 Å². The lowest BCUT2D eigenvalue weighted by atomic mass is 9.97. The molecule has 0 aromatic heterocycles. The maximum Gasteiger partial charge on any atom is -0.0184 e. The largest absolute Gasteiger partial charge is 0.0871 e. The van der Waals surface area contributed by atoms with Crippen LogP contribution in [0.3, 0.4) is 0 Å². The van der Waals surface area contributed by atoms with E-state index in [0.29, 0.717) is 0 Å². The Bertz CT molecular complexity index is 5950. The minimum absolute atomic E-state index is 1.24. The van der Waals surface area contributed by atoms with Gasteiger partial charge in [-0.05, 0) is 182 Å². The van der Waals surface area contributed by atoms with Crippen LogP contribution < -0.4 is 0 Å². The quantitative estimate of drug-likeness (QED) is 0.108. The molecule has 0 heteroatoms. The number of allylic oxidation sites excluding steroid dienone is 2. The molecule has 0 fully saturated rings. The molecule has 580 valence electrons. The normalized spacial score (nSPS) is 10.4. The first-order chi connectivity index (χ1) is 58.5. The zero-order valence-corrected chi connectivity index (χ0v) is 69.4. The lowest BCUT2D eigenvalue weighted by Crippen LogP contribution is -1.83. The van der Waals surface area contributed by atoms with E-state index >= 15 is 0 Å². The van der Waals surface area contributed by atoms with Crippen molar-refractivity contribution in [2.75, 3.05) is 0 Å². The Hall–Kier alpha value is -14.6. The summed E-state index contributed by atoms with van der Waals surface area (Å²) in [6, 6.07) is 169. The third kappa shape index (κ3) is 26.2. The molecule has 0 saturated carbocycles. The second kappa shape index (κ2) is 44.9. The molecule has 0 spiro atoms. The van der Waals surface area contributed by atoms with Crippen molar-refractivity contribution < 1.29 is 0 Å². The predicted molar refractivity (Wildman–Crippen MR) is 518 cm³/mol. The van der Waals surface area contributed by atoms with E-state index in [1.165, 1.54) is 161 Å². The standard InChI is InChI=1S/C31H24.C25H20.C19H16.C15H14.C13H12.C9H10.C7H8/c1-23-7-9-25(10-8-23)27-15-17-29(18-16-27)31-21-19-30(20-22-31)28-13-11-26(12-14-28)24-5-3-2-4-6-24;1-19-7-9-21(10-8-19)23-15-17-25(18-16-23)24-13-11-22(12-14-24)20-5-3-2-4-6-20;1-15-7-9-17(10-8-15)19-13-11-18(12-14-19)16-5-3-2-4-6-16;1-2-6-13-9-11-15(12-10-13)14-7-4-3-5-8-14;1-11-7-9-13(10-8-11)12-5-3-2-4-6-12;1-2-6-9-7-4-3-5-8-9;1-7-5-3-2-4-6-7/h2-22H,1H3;2-18H,1H3;2-14H,1H3;2-12H,1H3;2-10H,1H3;2-8H,1H3;2-6H,1H3/b;;;6-2+;;6-2+;. The summed E-state index contributed by atoms with van der Waals surface area (Å²) in [7, 11) is 0. The molecule has 18 rings (SSSR count). The summed E-state index contributed by atoms with van der Waals surface area (Å²) in [6.45, 7) is 14.6. The lowest BCUT2D eigenvalue weighted by molar-refractivity contribution is 1.47. The van der Waals surface area contributed by atoms with Gasteiger partial charge in [-0.1, -0.05) is 531 Å². The van der Waals surface area contributed by atoms with Gasteiger partial charge in [-0.3, -0.25) is 0 Å². The van der Waals surface area contributed by atoms with E-state index in [4.69, 9.17) is 0 Å². The minimum Gasteiger partial charge on any atom is -0.0871 e. The van der Waals surface area contributed by atoms with Crippen LogP contribution in [0.15, 0.2) is 491 Å². The third-order valence-electron chi connectivity index (χ3n) is 20.4.